The zero-order valence-corrected chi connectivity index (χ0v) is 8.26. The van der Waals surface area contributed by atoms with Crippen LogP contribution < -0.4 is 0 Å². The summed E-state index contributed by atoms with van der Waals surface area (Å²) >= 11 is 0. The Morgan fingerprint density at radius 1 is 1.13 bits per heavy atom. The average molecular weight is 214 g/mol. The molecule has 15 heavy (non-hydrogen) atoms. The monoisotopic (exact) mass is 214 g/mol. The number of aliphatic carboxylic acids is 1. The molecule has 0 aromatic carbocycles. The summed E-state index contributed by atoms with van der Waals surface area (Å²) in [6.45, 7) is 0.334. The number of rotatable bonds is 7. The summed E-state index contributed by atoms with van der Waals surface area (Å²) in [5.41, 5.74) is 0. The fourth-order valence-electron chi connectivity index (χ4n) is 0.707. The second kappa shape index (κ2) is 8.96. The van der Waals surface area contributed by atoms with E-state index in [9.17, 15) is 9.59 Å². The van der Waals surface area contributed by atoms with Gasteiger partial charge in [0.1, 0.15) is 0 Å². The highest BCUT2D eigenvalue weighted by atomic mass is 16.5. The van der Waals surface area contributed by atoms with Gasteiger partial charge in [0.15, 0.2) is 0 Å². The molecule has 0 aliphatic carbocycles. The van der Waals surface area contributed by atoms with E-state index in [1.807, 2.05) is 0 Å². The summed E-state index contributed by atoms with van der Waals surface area (Å²) in [7, 11) is 0. The Bertz CT molecular complexity index is 255. The van der Waals surface area contributed by atoms with Crippen LogP contribution in [0.25, 0.3) is 0 Å². The van der Waals surface area contributed by atoms with Crippen LogP contribution in [-0.2, 0) is 14.3 Å². The van der Waals surface area contributed by atoms with Gasteiger partial charge in [0, 0.05) is 18.8 Å². The Hall–Kier alpha value is -1.62. The predicted molar refractivity (Wildman–Crippen MR) is 53.2 cm³/mol. The zero-order chi connectivity index (χ0) is 11.5. The number of esters is 1. The molecule has 0 bridgehead atoms. The molecule has 0 aromatic rings. The second-order valence-corrected chi connectivity index (χ2v) is 2.65. The standard InChI is InChI=1S/C10H14O5/c11-7-3-4-8-15-10(14)6-2-1-5-9(12)13/h1-2,5-6,11H,3-4,7-8H2,(H,12,13)/b5-1+,6-2+. The van der Waals surface area contributed by atoms with E-state index < -0.39 is 11.9 Å². The van der Waals surface area contributed by atoms with Crippen molar-refractivity contribution < 1.29 is 24.5 Å². The van der Waals surface area contributed by atoms with Crippen molar-refractivity contribution in [3.63, 3.8) is 0 Å². The van der Waals surface area contributed by atoms with Crippen molar-refractivity contribution in [3.05, 3.63) is 24.3 Å². The lowest BCUT2D eigenvalue weighted by Gasteiger charge is -1.99. The minimum Gasteiger partial charge on any atom is -0.478 e. The van der Waals surface area contributed by atoms with E-state index in [0.717, 1.165) is 12.2 Å². The number of hydrogen-bond donors (Lipinski definition) is 2. The van der Waals surface area contributed by atoms with Crippen LogP contribution in [0, 0.1) is 0 Å². The lowest BCUT2D eigenvalue weighted by molar-refractivity contribution is -0.138. The molecular weight excluding hydrogens is 200 g/mol. The summed E-state index contributed by atoms with van der Waals surface area (Å²) in [6, 6.07) is 0. The van der Waals surface area contributed by atoms with Gasteiger partial charge in [0.25, 0.3) is 0 Å². The molecule has 0 saturated carbocycles. The number of unbranched alkanes of at least 4 members (excludes halogenated alkanes) is 1. The number of allylic oxidation sites excluding steroid dienone is 2. The fraction of sp³-hybridized carbons (Fsp3) is 0.400. The number of carbonyl (C=O) groups excluding carboxylic acids is 1. The summed E-state index contributed by atoms with van der Waals surface area (Å²) in [5, 5.41) is 16.7. The molecule has 5 nitrogen and oxygen atoms in total. The minimum absolute atomic E-state index is 0.0781. The maximum Gasteiger partial charge on any atom is 0.330 e. The van der Waals surface area contributed by atoms with Gasteiger partial charge < -0.3 is 14.9 Å². The third kappa shape index (κ3) is 10.3. The maximum absolute atomic E-state index is 10.9. The molecule has 0 aliphatic rings. The van der Waals surface area contributed by atoms with Crippen molar-refractivity contribution >= 4 is 11.9 Å². The first-order valence-corrected chi connectivity index (χ1v) is 4.52. The molecule has 2 N–H and O–H groups in total. The molecule has 0 aromatic heterocycles. The van der Waals surface area contributed by atoms with Crippen molar-refractivity contribution in [1.29, 1.82) is 0 Å². The van der Waals surface area contributed by atoms with Crippen LogP contribution in [0.2, 0.25) is 0 Å². The topological polar surface area (TPSA) is 83.8 Å². The van der Waals surface area contributed by atoms with E-state index >= 15 is 0 Å². The lowest BCUT2D eigenvalue weighted by atomic mass is 10.3. The molecule has 0 spiro atoms. The third-order valence-corrected chi connectivity index (χ3v) is 1.38. The highest BCUT2D eigenvalue weighted by molar-refractivity contribution is 5.83. The zero-order valence-electron chi connectivity index (χ0n) is 8.26. The Labute approximate surface area is 87.7 Å². The van der Waals surface area contributed by atoms with Gasteiger partial charge in [-0.25, -0.2) is 9.59 Å². The summed E-state index contributed by atoms with van der Waals surface area (Å²) < 4.78 is 4.73. The smallest absolute Gasteiger partial charge is 0.330 e. The van der Waals surface area contributed by atoms with Crippen LogP contribution in [0.4, 0.5) is 0 Å². The predicted octanol–water partition coefficient (Wildman–Crippen LogP) is 0.499. The van der Waals surface area contributed by atoms with Crippen molar-refractivity contribution in [3.8, 4) is 0 Å². The van der Waals surface area contributed by atoms with Crippen LogP contribution in [0.5, 0.6) is 0 Å². The maximum atomic E-state index is 10.9. The molecule has 0 heterocycles. The molecule has 0 aliphatic heterocycles. The normalized spacial score (nSPS) is 11.0. The second-order valence-electron chi connectivity index (χ2n) is 2.65. The largest absolute Gasteiger partial charge is 0.478 e. The first-order chi connectivity index (χ1) is 7.16. The van der Waals surface area contributed by atoms with Gasteiger partial charge in [-0.15, -0.1) is 0 Å². The van der Waals surface area contributed by atoms with E-state index in [4.69, 9.17) is 14.9 Å². The number of carboxylic acids is 1. The van der Waals surface area contributed by atoms with Gasteiger partial charge >= 0.3 is 11.9 Å². The Balaban J connectivity index is 3.60. The molecule has 0 saturated heterocycles. The van der Waals surface area contributed by atoms with Crippen LogP contribution in [-0.4, -0.2) is 35.4 Å². The molecule has 0 fully saturated rings. The highest BCUT2D eigenvalue weighted by Crippen LogP contribution is 1.90. The summed E-state index contributed by atoms with van der Waals surface area (Å²) in [5.74, 6) is -1.60. The number of hydrogen-bond acceptors (Lipinski definition) is 4. The molecule has 0 amide bonds. The van der Waals surface area contributed by atoms with Gasteiger partial charge in [0.2, 0.25) is 0 Å². The lowest BCUT2D eigenvalue weighted by Crippen LogP contribution is -2.02. The highest BCUT2D eigenvalue weighted by Gasteiger charge is 1.94. The number of aliphatic hydroxyl groups is 1. The van der Waals surface area contributed by atoms with Gasteiger partial charge in [-0.3, -0.25) is 0 Å². The van der Waals surface area contributed by atoms with Crippen LogP contribution in [0.1, 0.15) is 12.8 Å². The van der Waals surface area contributed by atoms with Crippen molar-refractivity contribution in [2.45, 2.75) is 12.8 Å². The van der Waals surface area contributed by atoms with E-state index in [0.29, 0.717) is 12.8 Å². The molecular formula is C10H14O5. The number of carbonyl (C=O) groups is 2. The summed E-state index contributed by atoms with van der Waals surface area (Å²) in [6.07, 6.45) is 5.78. The SMILES string of the molecule is O=C(O)/C=C/C=C/C(=O)OCCCCO. The van der Waals surface area contributed by atoms with E-state index in [-0.39, 0.29) is 13.2 Å². The Morgan fingerprint density at radius 3 is 2.40 bits per heavy atom. The van der Waals surface area contributed by atoms with Gasteiger partial charge in [-0.2, -0.15) is 0 Å². The third-order valence-electron chi connectivity index (χ3n) is 1.38. The molecule has 84 valence electrons. The van der Waals surface area contributed by atoms with Crippen molar-refractivity contribution in [1.82, 2.24) is 0 Å². The Kier molecular flexibility index (Phi) is 7.99. The fourth-order valence-corrected chi connectivity index (χ4v) is 0.707. The first kappa shape index (κ1) is 13.4. The number of carboxylic acid groups (broad SMARTS) is 1. The Morgan fingerprint density at radius 2 is 1.80 bits per heavy atom. The molecule has 0 unspecified atom stereocenters. The van der Waals surface area contributed by atoms with Crippen LogP contribution in [0.3, 0.4) is 0 Å². The van der Waals surface area contributed by atoms with E-state index in [1.165, 1.54) is 12.2 Å². The minimum atomic E-state index is -1.07. The number of ether oxygens (including phenoxy) is 1. The quantitative estimate of drug-likeness (QED) is 0.279. The molecule has 0 radical (unpaired) electrons. The van der Waals surface area contributed by atoms with Crippen molar-refractivity contribution in [2.24, 2.45) is 0 Å². The average Bonchev–Trinajstić information content (AvgIpc) is 2.19. The van der Waals surface area contributed by atoms with Crippen molar-refractivity contribution in [2.75, 3.05) is 13.2 Å². The molecule has 5 heteroatoms. The van der Waals surface area contributed by atoms with Gasteiger partial charge in [-0.05, 0) is 12.8 Å². The van der Waals surface area contributed by atoms with E-state index in [1.54, 1.807) is 0 Å². The van der Waals surface area contributed by atoms with Gasteiger partial charge in [-0.1, -0.05) is 12.2 Å². The van der Waals surface area contributed by atoms with Crippen LogP contribution >= 0.6 is 0 Å². The van der Waals surface area contributed by atoms with Crippen LogP contribution in [0.15, 0.2) is 24.3 Å². The molecule has 0 atom stereocenters. The van der Waals surface area contributed by atoms with E-state index in [2.05, 4.69) is 0 Å². The van der Waals surface area contributed by atoms with Gasteiger partial charge in [0.05, 0.1) is 6.61 Å². The number of aliphatic hydroxyl groups excluding tert-OH is 1. The summed E-state index contributed by atoms with van der Waals surface area (Å²) in [4.78, 5) is 20.9. The first-order valence-electron chi connectivity index (χ1n) is 4.52. The molecule has 0 rings (SSSR count).